The van der Waals surface area contributed by atoms with Gasteiger partial charge in [-0.05, 0) is 116 Å². The summed E-state index contributed by atoms with van der Waals surface area (Å²) in [7, 11) is 0. The molecule has 13 rings (SSSR count). The highest BCUT2D eigenvalue weighted by Crippen LogP contribution is 2.47. The summed E-state index contributed by atoms with van der Waals surface area (Å²) in [5.41, 5.74) is 18.9. The van der Waals surface area contributed by atoms with Crippen molar-refractivity contribution in [2.45, 2.75) is 92.4 Å². The normalized spacial score (nSPS) is 12.6. The second-order valence-electron chi connectivity index (χ2n) is 25.6. The van der Waals surface area contributed by atoms with Crippen LogP contribution < -0.4 is 13.9 Å². The highest BCUT2D eigenvalue weighted by molar-refractivity contribution is 6.11. The van der Waals surface area contributed by atoms with Gasteiger partial charge in [-0.25, -0.2) is 19.9 Å². The van der Waals surface area contributed by atoms with Crippen molar-refractivity contribution >= 4 is 50.6 Å². The van der Waals surface area contributed by atoms with Gasteiger partial charge in [-0.3, -0.25) is 4.57 Å². The van der Waals surface area contributed by atoms with E-state index in [2.05, 4.69) is 290 Å². The maximum absolute atomic E-state index is 7.38. The lowest BCUT2D eigenvalue weighted by Crippen LogP contribution is -2.10. The van der Waals surface area contributed by atoms with Crippen LogP contribution in [-0.4, -0.2) is 30.5 Å². The Morgan fingerprint density at radius 1 is 0.412 bits per heavy atom. The van der Waals surface area contributed by atoms with E-state index in [4.69, 9.17) is 24.7 Å². The molecule has 12 aromatic rings. The summed E-state index contributed by atoms with van der Waals surface area (Å²) >= 11 is 0. The Labute approximate surface area is 498 Å². The molecule has 3 aromatic heterocycles. The smallest absolute Gasteiger partial charge is 0.456 e. The molecule has 0 bridgehead atoms. The lowest BCUT2D eigenvalue weighted by Gasteiger charge is -2.20. The van der Waals surface area contributed by atoms with Crippen LogP contribution in [0.25, 0.3) is 84.0 Å². The van der Waals surface area contributed by atoms with Crippen molar-refractivity contribution in [3.05, 3.63) is 246 Å². The largest absolute Gasteiger partial charge is 0.503 e. The third kappa shape index (κ3) is 10.4. The third-order valence-corrected chi connectivity index (χ3v) is 16.4. The van der Waals surface area contributed by atoms with E-state index >= 15 is 0 Å². The summed E-state index contributed by atoms with van der Waals surface area (Å²) in [5.74, 6) is 3.61. The van der Waals surface area contributed by atoms with Crippen molar-refractivity contribution in [1.82, 2.24) is 33.7 Å². The van der Waals surface area contributed by atoms with E-state index in [9.17, 15) is 0 Å². The van der Waals surface area contributed by atoms with Crippen LogP contribution in [0.2, 0.25) is 0 Å². The summed E-state index contributed by atoms with van der Waals surface area (Å²) in [6.07, 6.45) is 1.84. The van der Waals surface area contributed by atoms with Crippen molar-refractivity contribution in [2.24, 2.45) is 0 Å². The van der Waals surface area contributed by atoms with Gasteiger partial charge >= 0.3 is 6.01 Å². The van der Waals surface area contributed by atoms with Crippen LogP contribution in [0, 0.1) is 13.8 Å². The average Bonchev–Trinajstić information content (AvgIpc) is 2.05. The number of benzene rings is 9. The fourth-order valence-electron chi connectivity index (χ4n) is 11.4. The lowest BCUT2D eigenvalue weighted by atomic mass is 9.85. The Bertz CT molecular complexity index is 4480. The SMILES string of the molecule is Cc1ccc(-c2nc(-c3ccc(C)cc3)nc(-c3cc4c5cc(C(C)(C)C)ccc5n(-c5ccccn5)c4cc3Oc3cccc([N+]4=C=[N+](c5c(-c6ccc(C(C)(C)C)cc6)cccc5-c5ccc(C(C)(C)C)cc5)c5ccccc54)c3)n2)cc1. The predicted octanol–water partition coefficient (Wildman–Crippen LogP) is 19.9. The Kier molecular flexibility index (Phi) is 13.5. The van der Waals surface area contributed by atoms with E-state index in [0.29, 0.717) is 34.5 Å². The standard InChI is InChI=1S/C77H69N7O/c1-49-25-29-53(30-26-49)72-79-73(54-31-27-50(2)28-32-54)81-74(80-72)64-46-63-62-44-57(77(9,10)11)41-42-65(62)84(70-24-14-15-43-78-70)68(63)47-69(64)85-59-19-16-18-58(45-59)82-48-83(67-23-13-12-22-66(67)82)71-60(51-33-37-55(38-34-51)75(3,4)5)20-17-21-61(71)52-35-39-56(40-36-52)76(6,7)8/h12-47H,1-11H3/q+2. The monoisotopic (exact) mass is 1110 g/mol. The number of aromatic nitrogens is 5. The number of ether oxygens (including phenoxy) is 1. The van der Waals surface area contributed by atoms with Gasteiger partial charge in [-0.15, -0.1) is 0 Å². The average molecular weight is 1110 g/mol. The fourth-order valence-corrected chi connectivity index (χ4v) is 11.4. The van der Waals surface area contributed by atoms with E-state index in [1.807, 2.05) is 24.4 Å². The van der Waals surface area contributed by atoms with Crippen LogP contribution in [0.1, 0.15) is 90.1 Å². The van der Waals surface area contributed by atoms with Gasteiger partial charge in [0.2, 0.25) is 11.4 Å². The lowest BCUT2D eigenvalue weighted by molar-refractivity contribution is 0.484. The molecule has 0 fully saturated rings. The summed E-state index contributed by atoms with van der Waals surface area (Å²) in [4.78, 5) is 20.8. The summed E-state index contributed by atoms with van der Waals surface area (Å²) < 4.78 is 14.0. The molecule has 1 aliphatic heterocycles. The first kappa shape index (κ1) is 54.4. The van der Waals surface area contributed by atoms with Crippen LogP contribution in [0.5, 0.6) is 11.5 Å². The van der Waals surface area contributed by atoms with E-state index in [0.717, 1.165) is 94.9 Å². The molecule has 0 amide bonds. The molecule has 8 heteroatoms. The fraction of sp³-hybridized carbons (Fsp3) is 0.182. The molecule has 0 saturated heterocycles. The zero-order valence-electron chi connectivity index (χ0n) is 50.3. The number of hydrogen-bond donors (Lipinski definition) is 0. The molecule has 0 aliphatic carbocycles. The van der Waals surface area contributed by atoms with Gasteiger partial charge in [0.05, 0.1) is 33.8 Å². The summed E-state index contributed by atoms with van der Waals surface area (Å²) in [6, 6.07) is 79.4. The maximum Gasteiger partial charge on any atom is 0.503 e. The highest BCUT2D eigenvalue weighted by Gasteiger charge is 2.39. The zero-order valence-corrected chi connectivity index (χ0v) is 50.3. The van der Waals surface area contributed by atoms with Gasteiger partial charge in [0, 0.05) is 52.4 Å². The van der Waals surface area contributed by atoms with Crippen molar-refractivity contribution in [3.63, 3.8) is 0 Å². The van der Waals surface area contributed by atoms with Gasteiger partial charge in [0.25, 0.3) is 11.4 Å². The van der Waals surface area contributed by atoms with Crippen molar-refractivity contribution in [2.75, 3.05) is 0 Å². The van der Waals surface area contributed by atoms with E-state index in [1.54, 1.807) is 0 Å². The summed E-state index contributed by atoms with van der Waals surface area (Å²) in [5, 5.41) is 2.11. The molecule has 1 aliphatic rings. The minimum atomic E-state index is -0.102. The van der Waals surface area contributed by atoms with Crippen LogP contribution in [0.3, 0.4) is 0 Å². The Balaban J connectivity index is 1.02. The minimum Gasteiger partial charge on any atom is -0.456 e. The molecule has 416 valence electrons. The van der Waals surface area contributed by atoms with Gasteiger partial charge < -0.3 is 4.74 Å². The van der Waals surface area contributed by atoms with Crippen LogP contribution >= 0.6 is 0 Å². The Hall–Kier alpha value is -9.88. The van der Waals surface area contributed by atoms with E-state index < -0.39 is 0 Å². The van der Waals surface area contributed by atoms with E-state index in [-0.39, 0.29) is 16.2 Å². The Morgan fingerprint density at radius 2 is 0.918 bits per heavy atom. The topological polar surface area (TPSA) is 71.7 Å². The van der Waals surface area contributed by atoms with Crippen molar-refractivity contribution < 1.29 is 4.74 Å². The number of para-hydroxylation sites is 3. The molecule has 8 nitrogen and oxygen atoms in total. The number of aryl methyl sites for hydroxylation is 2. The molecule has 0 atom stereocenters. The molecule has 9 aromatic carbocycles. The third-order valence-electron chi connectivity index (χ3n) is 16.4. The first-order valence-electron chi connectivity index (χ1n) is 29.4. The first-order chi connectivity index (χ1) is 40.8. The molecule has 4 heterocycles. The highest BCUT2D eigenvalue weighted by atomic mass is 16.5. The number of nitrogens with zero attached hydrogens (tertiary/aromatic N) is 7. The molecular formula is C77H69N7O+2. The summed E-state index contributed by atoms with van der Waals surface area (Å²) in [6.45, 7) is 24.5. The number of fused-ring (bicyclic) bond motifs is 4. The molecule has 0 radical (unpaired) electrons. The first-order valence-corrected chi connectivity index (χ1v) is 29.4. The molecule has 0 spiro atoms. The number of hydrogen-bond acceptors (Lipinski definition) is 5. The second-order valence-corrected chi connectivity index (χ2v) is 25.6. The van der Waals surface area contributed by atoms with E-state index in [1.165, 1.54) is 16.7 Å². The predicted molar refractivity (Wildman–Crippen MR) is 352 cm³/mol. The molecular weight excluding hydrogens is 1040 g/mol. The zero-order chi connectivity index (χ0) is 58.9. The van der Waals surface area contributed by atoms with Crippen LogP contribution in [0.15, 0.2) is 219 Å². The van der Waals surface area contributed by atoms with Gasteiger partial charge in [-0.1, -0.05) is 207 Å². The molecule has 85 heavy (non-hydrogen) atoms. The van der Waals surface area contributed by atoms with Gasteiger partial charge in [0.1, 0.15) is 17.3 Å². The number of rotatable bonds is 10. The minimum absolute atomic E-state index is 0.0138. The van der Waals surface area contributed by atoms with Crippen molar-refractivity contribution in [1.29, 1.82) is 0 Å². The quantitative estimate of drug-likeness (QED) is 0.128. The van der Waals surface area contributed by atoms with Gasteiger partial charge in [-0.2, -0.15) is 0 Å². The van der Waals surface area contributed by atoms with Crippen molar-refractivity contribution in [3.8, 4) is 73.7 Å². The number of pyridine rings is 1. The van der Waals surface area contributed by atoms with Gasteiger partial charge in [0.15, 0.2) is 17.5 Å². The molecule has 0 saturated carbocycles. The maximum atomic E-state index is 7.38. The molecule has 0 unspecified atom stereocenters. The molecule has 0 N–H and O–H groups in total. The second kappa shape index (κ2) is 21.1. The van der Waals surface area contributed by atoms with Crippen LogP contribution in [0.4, 0.5) is 22.7 Å². The van der Waals surface area contributed by atoms with Crippen LogP contribution in [-0.2, 0) is 16.2 Å². The Morgan fingerprint density at radius 3 is 1.47 bits per heavy atom.